The summed E-state index contributed by atoms with van der Waals surface area (Å²) in [5, 5.41) is 5.19. The molecular formula is C114H94N2S. The fourth-order valence-electron chi connectivity index (χ4n) is 27.0. The highest BCUT2D eigenvalue weighted by Crippen LogP contribution is 2.72. The maximum absolute atomic E-state index is 2.55. The first-order chi connectivity index (χ1) is 57.4. The molecule has 117 heavy (non-hydrogen) atoms. The molecule has 0 amide bonds. The molecule has 12 aliphatic carbocycles. The molecule has 8 fully saturated rings. The smallest absolute Gasteiger partial charge is 0.0468 e. The maximum Gasteiger partial charge on any atom is 0.0468 e. The molecular weight excluding hydrogens is 1430 g/mol. The van der Waals surface area contributed by atoms with Crippen molar-refractivity contribution in [3.8, 4) is 77.9 Å². The summed E-state index contributed by atoms with van der Waals surface area (Å²) >= 11 is 1.88. The summed E-state index contributed by atoms with van der Waals surface area (Å²) in [6.45, 7) is 9.51. The predicted molar refractivity (Wildman–Crippen MR) is 491 cm³/mol. The minimum absolute atomic E-state index is 0.0770. The summed E-state index contributed by atoms with van der Waals surface area (Å²) in [6, 6.07) is 125. The van der Waals surface area contributed by atoms with E-state index in [0.717, 1.165) is 58.7 Å². The second kappa shape index (κ2) is 25.4. The van der Waals surface area contributed by atoms with Gasteiger partial charge in [0, 0.05) is 76.0 Å². The van der Waals surface area contributed by atoms with Crippen LogP contribution in [0.4, 0.5) is 34.1 Å². The standard InChI is InChI=1S/C59H49N.C55H45NS/c1-58(2)54-16-7-5-13-50(54)52-28-27-47(36-57(52)58)60(46-25-20-41(21-26-46)49-15-9-11-40-10-3-4-12-48(40)49)45-23-18-39(19-24-45)42-22-29-56-53(35-42)51-14-6-8-17-55(51)59(56)43-31-37-30-38(33-43)34-44(59)32-37;1-54(2)48-12-6-3-9-42(48)44-22-20-41(32-51(44)54)56(40-21-24-53-47(31-40)45-11-5-8-14-52(45)57-53)39-18-15-35(16-19-39)36-17-23-50-46(30-36)43-10-4-7-13-49(43)55(50)37-26-33-25-34(28-37)29-38(55)27-33/h3-29,35-38,43-44H,30-34H2,1-2H3;3-24,30-34,37-38H,25-29H2,1-2H3. The lowest BCUT2D eigenvalue weighted by molar-refractivity contribution is -0.0399. The third-order valence-electron chi connectivity index (χ3n) is 31.5. The molecule has 0 atom stereocenters. The minimum Gasteiger partial charge on any atom is -0.310 e. The van der Waals surface area contributed by atoms with Crippen molar-refractivity contribution in [3.63, 3.8) is 0 Å². The number of anilines is 6. The lowest BCUT2D eigenvalue weighted by Gasteiger charge is -2.61. The van der Waals surface area contributed by atoms with Gasteiger partial charge in [-0.1, -0.05) is 258 Å². The molecule has 1 aromatic heterocycles. The Kier molecular flexibility index (Phi) is 14.9. The normalized spacial score (nSPS) is 23.8. The Balaban J connectivity index is 0.000000131. The molecule has 8 bridgehead atoms. The highest BCUT2D eigenvalue weighted by atomic mass is 32.1. The minimum atomic E-state index is -0.0862. The zero-order valence-electron chi connectivity index (χ0n) is 67.2. The highest BCUT2D eigenvalue weighted by molar-refractivity contribution is 7.25. The molecule has 566 valence electrons. The van der Waals surface area contributed by atoms with Gasteiger partial charge in [-0.25, -0.2) is 0 Å². The Morgan fingerprint density at radius 2 is 0.556 bits per heavy atom. The van der Waals surface area contributed by atoms with Crippen molar-refractivity contribution >= 4 is 76.4 Å². The van der Waals surface area contributed by atoms with E-state index in [4.69, 9.17) is 0 Å². The van der Waals surface area contributed by atoms with Gasteiger partial charge in [-0.15, -0.1) is 11.3 Å². The molecule has 15 aromatic carbocycles. The van der Waals surface area contributed by atoms with Crippen LogP contribution in [0.1, 0.15) is 136 Å². The van der Waals surface area contributed by atoms with Crippen LogP contribution in [-0.2, 0) is 21.7 Å². The van der Waals surface area contributed by atoms with Crippen LogP contribution in [-0.4, -0.2) is 0 Å². The molecule has 8 saturated carbocycles. The van der Waals surface area contributed by atoms with Gasteiger partial charge in [-0.2, -0.15) is 0 Å². The SMILES string of the molecule is CC1(C)c2ccccc2-c2ccc(N(c3ccc(-c4ccc5c(c4)-c4ccccc4C54C5CC6CC(C5)CC4C6)cc3)c3ccc(-c4cccc5ccccc45)cc3)cc21.CC1(C)c2ccccc2-c2ccc(N(c3ccc(-c4ccc5c(c4)-c4ccccc4C54C5CC6CC(C5)CC4C6)cc3)c3ccc4sc5ccccc5c4c3)cc21. The van der Waals surface area contributed by atoms with Gasteiger partial charge in [0.05, 0.1) is 0 Å². The van der Waals surface area contributed by atoms with E-state index in [1.54, 1.807) is 22.3 Å². The molecule has 0 N–H and O–H groups in total. The second-order valence-corrected chi connectivity index (χ2v) is 39.0. The van der Waals surface area contributed by atoms with Crippen molar-refractivity contribution < 1.29 is 0 Å². The number of benzene rings is 15. The summed E-state index contributed by atoms with van der Waals surface area (Å²) in [6.07, 6.45) is 14.3. The molecule has 12 aliphatic rings. The molecule has 0 unspecified atom stereocenters. The zero-order chi connectivity index (χ0) is 77.4. The van der Waals surface area contributed by atoms with Crippen molar-refractivity contribution in [2.75, 3.05) is 9.80 Å². The van der Waals surface area contributed by atoms with Gasteiger partial charge in [-0.3, -0.25) is 0 Å². The van der Waals surface area contributed by atoms with Gasteiger partial charge < -0.3 is 9.80 Å². The molecule has 16 aromatic rings. The van der Waals surface area contributed by atoms with E-state index in [1.165, 1.54) is 218 Å². The Labute approximate surface area is 692 Å². The number of thiophene rings is 1. The lowest BCUT2D eigenvalue weighted by atomic mass is 9.43. The van der Waals surface area contributed by atoms with Crippen LogP contribution in [0.5, 0.6) is 0 Å². The second-order valence-electron chi connectivity index (χ2n) is 37.9. The lowest BCUT2D eigenvalue weighted by Crippen LogP contribution is -2.55. The molecule has 2 nitrogen and oxygen atoms in total. The molecule has 0 radical (unpaired) electrons. The summed E-state index contributed by atoms with van der Waals surface area (Å²) in [4.78, 5) is 4.93. The van der Waals surface area contributed by atoms with Crippen molar-refractivity contribution in [1.82, 2.24) is 0 Å². The highest BCUT2D eigenvalue weighted by Gasteiger charge is 2.63. The van der Waals surface area contributed by atoms with Crippen LogP contribution in [0.2, 0.25) is 0 Å². The predicted octanol–water partition coefficient (Wildman–Crippen LogP) is 30.9. The summed E-state index contributed by atoms with van der Waals surface area (Å²) in [7, 11) is 0. The Morgan fingerprint density at radius 1 is 0.222 bits per heavy atom. The van der Waals surface area contributed by atoms with E-state index in [-0.39, 0.29) is 21.7 Å². The number of hydrogen-bond acceptors (Lipinski definition) is 3. The number of fused-ring (bicyclic) bond motifs is 16. The molecule has 0 saturated heterocycles. The van der Waals surface area contributed by atoms with Crippen LogP contribution in [0.25, 0.3) is 109 Å². The fourth-order valence-corrected chi connectivity index (χ4v) is 28.0. The number of nitrogens with zero attached hydrogens (tertiary/aromatic N) is 2. The molecule has 3 heteroatoms. The van der Waals surface area contributed by atoms with Gasteiger partial charge in [0.15, 0.2) is 0 Å². The van der Waals surface area contributed by atoms with Crippen LogP contribution in [0, 0.1) is 47.3 Å². The van der Waals surface area contributed by atoms with Crippen molar-refractivity contribution in [3.05, 3.63) is 372 Å². The third-order valence-corrected chi connectivity index (χ3v) is 32.7. The molecule has 2 spiro atoms. The van der Waals surface area contributed by atoms with Crippen LogP contribution < -0.4 is 9.80 Å². The summed E-state index contributed by atoms with van der Waals surface area (Å²) < 4.78 is 2.66. The van der Waals surface area contributed by atoms with E-state index in [2.05, 4.69) is 365 Å². The van der Waals surface area contributed by atoms with Gasteiger partial charge in [0.1, 0.15) is 0 Å². The van der Waals surface area contributed by atoms with E-state index in [9.17, 15) is 0 Å². The summed E-state index contributed by atoms with van der Waals surface area (Å²) in [5.74, 6) is 6.96. The Morgan fingerprint density at radius 3 is 1.04 bits per heavy atom. The van der Waals surface area contributed by atoms with Gasteiger partial charge >= 0.3 is 0 Å². The molecule has 1 heterocycles. The molecule has 28 rings (SSSR count). The zero-order valence-corrected chi connectivity index (χ0v) is 68.0. The fraction of sp³-hybridized carbons (Fsp3) is 0.228. The van der Waals surface area contributed by atoms with Gasteiger partial charge in [-0.05, 0) is 342 Å². The Bertz CT molecular complexity index is 6740. The molecule has 0 aliphatic heterocycles. The van der Waals surface area contributed by atoms with E-state index < -0.39 is 0 Å². The average Bonchev–Trinajstić information content (AvgIpc) is 1.56. The first kappa shape index (κ1) is 68.6. The quantitative estimate of drug-likeness (QED) is 0.142. The van der Waals surface area contributed by atoms with Gasteiger partial charge in [0.2, 0.25) is 0 Å². The topological polar surface area (TPSA) is 6.48 Å². The van der Waals surface area contributed by atoms with Crippen LogP contribution in [0.3, 0.4) is 0 Å². The Hall–Kier alpha value is -11.6. The van der Waals surface area contributed by atoms with Crippen molar-refractivity contribution in [2.24, 2.45) is 47.3 Å². The first-order valence-electron chi connectivity index (χ1n) is 43.7. The van der Waals surface area contributed by atoms with Crippen LogP contribution >= 0.6 is 11.3 Å². The van der Waals surface area contributed by atoms with E-state index >= 15 is 0 Å². The van der Waals surface area contributed by atoms with Gasteiger partial charge in [0.25, 0.3) is 0 Å². The van der Waals surface area contributed by atoms with Crippen molar-refractivity contribution in [1.29, 1.82) is 0 Å². The first-order valence-corrected chi connectivity index (χ1v) is 44.5. The monoisotopic (exact) mass is 1520 g/mol. The number of hydrogen-bond donors (Lipinski definition) is 0. The third kappa shape index (κ3) is 9.96. The largest absolute Gasteiger partial charge is 0.310 e. The van der Waals surface area contributed by atoms with E-state index in [1.807, 2.05) is 11.3 Å². The van der Waals surface area contributed by atoms with E-state index in [0.29, 0.717) is 0 Å². The van der Waals surface area contributed by atoms with Crippen molar-refractivity contribution in [2.45, 2.75) is 114 Å². The number of rotatable bonds is 9. The summed E-state index contributed by atoms with van der Waals surface area (Å²) in [5.41, 5.74) is 38.4. The van der Waals surface area contributed by atoms with Crippen LogP contribution in [0.15, 0.2) is 328 Å². The maximum atomic E-state index is 2.55. The average molecular weight is 1520 g/mol.